The summed E-state index contributed by atoms with van der Waals surface area (Å²) in [5, 5.41) is 8.47. The number of halogens is 1. The number of thiol groups is 1. The van der Waals surface area contributed by atoms with Crippen molar-refractivity contribution in [2.75, 3.05) is 0 Å². The first-order chi connectivity index (χ1) is 5.11. The number of aromatic hydroxyl groups is 1. The second-order valence-corrected chi connectivity index (χ2v) is 2.80. The third kappa shape index (κ3) is 2.99. The number of benzene rings is 1. The second-order valence-electron chi connectivity index (χ2n) is 1.98. The number of carbonyl (C=O) groups excluding carboxylic acids is 1. The third-order valence-electron chi connectivity index (χ3n) is 1.20. The molecular weight excluding hydrogens is 207 g/mol. The van der Waals surface area contributed by atoms with Crippen LogP contribution in [0.15, 0.2) is 23.1 Å². The summed E-state index contributed by atoms with van der Waals surface area (Å²) in [6, 6.07) is 4.28. The number of phenolic OH excluding ortho intramolecular Hbond substituents is 1. The van der Waals surface area contributed by atoms with Gasteiger partial charge in [-0.25, -0.2) is 0 Å². The van der Waals surface area contributed by atoms with Crippen molar-refractivity contribution in [1.82, 2.24) is 0 Å². The molecule has 0 spiro atoms. The zero-order valence-corrected chi connectivity index (χ0v) is 10.1. The van der Waals surface area contributed by atoms with Gasteiger partial charge < -0.3 is 5.11 Å². The molecule has 0 saturated carbocycles. The average Bonchev–Trinajstić information content (AvgIpc) is 1.94. The molecule has 0 radical (unpaired) electrons. The van der Waals surface area contributed by atoms with Gasteiger partial charge in [-0.15, -0.1) is 12.6 Å². The van der Waals surface area contributed by atoms with Gasteiger partial charge in [0.25, 0.3) is 5.24 Å². The summed E-state index contributed by atoms with van der Waals surface area (Å²) in [4.78, 5) is 11.0. The largest absolute Gasteiger partial charge is 1.00 e. The molecule has 5 heteroatoms. The molecule has 0 aliphatic heterocycles. The van der Waals surface area contributed by atoms with E-state index in [1.54, 1.807) is 0 Å². The number of hydrogen-bond donors (Lipinski definition) is 2. The summed E-state index contributed by atoms with van der Waals surface area (Å²) in [6.07, 6.45) is 0. The van der Waals surface area contributed by atoms with Gasteiger partial charge in [0.1, 0.15) is 5.75 Å². The van der Waals surface area contributed by atoms with E-state index in [2.05, 4.69) is 12.6 Å². The van der Waals surface area contributed by atoms with Crippen LogP contribution in [0.1, 0.15) is 10.4 Å². The number of carbonyl (C=O) groups is 1. The van der Waals surface area contributed by atoms with Gasteiger partial charge in [-0.2, -0.15) is 0 Å². The summed E-state index contributed by atoms with van der Waals surface area (Å²) in [5.41, 5.74) is 0.266. The van der Waals surface area contributed by atoms with Crippen LogP contribution in [0.4, 0.5) is 0 Å². The van der Waals surface area contributed by atoms with E-state index in [0.29, 0.717) is 4.90 Å². The molecule has 0 heterocycles. The molecule has 0 atom stereocenters. The molecule has 12 heavy (non-hydrogen) atoms. The van der Waals surface area contributed by atoms with Gasteiger partial charge in [0.15, 0.2) is 0 Å². The Labute approximate surface area is 103 Å². The second kappa shape index (κ2) is 5.14. The van der Waals surface area contributed by atoms with Crippen molar-refractivity contribution in [1.29, 1.82) is 0 Å². The van der Waals surface area contributed by atoms with E-state index in [-0.39, 0.29) is 40.9 Å². The normalized spacial score (nSPS) is 8.83. The van der Waals surface area contributed by atoms with Gasteiger partial charge in [-0.1, -0.05) is 0 Å². The molecule has 0 aliphatic rings. The molecule has 0 bridgehead atoms. The van der Waals surface area contributed by atoms with Crippen LogP contribution in [0.25, 0.3) is 0 Å². The van der Waals surface area contributed by atoms with Crippen LogP contribution in [-0.4, -0.2) is 10.3 Å². The van der Waals surface area contributed by atoms with Crippen molar-refractivity contribution in [2.45, 2.75) is 4.90 Å². The topological polar surface area (TPSA) is 37.3 Å². The average molecular weight is 212 g/mol. The predicted octanol–water partition coefficient (Wildman–Crippen LogP) is -0.936. The molecular formula is C7H5ClNaO2S+. The molecule has 0 saturated heterocycles. The quantitative estimate of drug-likeness (QED) is 0.358. The maximum absolute atomic E-state index is 10.5. The van der Waals surface area contributed by atoms with E-state index in [1.807, 2.05) is 0 Å². The Kier molecular flexibility index (Phi) is 5.29. The van der Waals surface area contributed by atoms with Gasteiger partial charge >= 0.3 is 29.6 Å². The first kappa shape index (κ1) is 12.3. The maximum Gasteiger partial charge on any atom is 1.00 e. The molecule has 2 nitrogen and oxygen atoms in total. The van der Waals surface area contributed by atoms with E-state index in [1.165, 1.54) is 18.2 Å². The van der Waals surface area contributed by atoms with Crippen LogP contribution < -0.4 is 29.6 Å². The minimum atomic E-state index is -0.589. The number of hydrogen-bond acceptors (Lipinski definition) is 3. The Bertz CT molecular complexity index is 303. The third-order valence-corrected chi connectivity index (χ3v) is 1.80. The molecule has 0 aliphatic carbocycles. The van der Waals surface area contributed by atoms with E-state index in [0.717, 1.165) is 0 Å². The minimum Gasteiger partial charge on any atom is -0.507 e. The molecule has 0 unspecified atom stereocenters. The van der Waals surface area contributed by atoms with Gasteiger partial charge in [0.2, 0.25) is 0 Å². The fourth-order valence-electron chi connectivity index (χ4n) is 0.646. The Morgan fingerprint density at radius 2 is 2.08 bits per heavy atom. The Morgan fingerprint density at radius 3 is 2.50 bits per heavy atom. The fraction of sp³-hybridized carbons (Fsp3) is 0. The SMILES string of the molecule is O=C(Cl)c1ccc(S)c(O)c1.[Na+]. The van der Waals surface area contributed by atoms with E-state index in [9.17, 15) is 4.79 Å². The molecule has 0 amide bonds. The summed E-state index contributed by atoms with van der Waals surface area (Å²) in [5.74, 6) is -0.0418. The summed E-state index contributed by atoms with van der Waals surface area (Å²) in [7, 11) is 0. The fourth-order valence-corrected chi connectivity index (χ4v) is 0.902. The molecule has 0 aromatic heterocycles. The Hall–Kier alpha value is 0.330. The maximum atomic E-state index is 10.5. The van der Waals surface area contributed by atoms with Crippen LogP contribution in [0, 0.1) is 0 Å². The van der Waals surface area contributed by atoms with Crippen molar-refractivity contribution in [3.8, 4) is 5.75 Å². The van der Waals surface area contributed by atoms with E-state index < -0.39 is 5.24 Å². The van der Waals surface area contributed by atoms with Crippen molar-refractivity contribution in [2.24, 2.45) is 0 Å². The van der Waals surface area contributed by atoms with Crippen molar-refractivity contribution in [3.05, 3.63) is 23.8 Å². The Balaban J connectivity index is 0.00000121. The molecule has 1 N–H and O–H groups in total. The minimum absolute atomic E-state index is 0. The first-order valence-electron chi connectivity index (χ1n) is 2.83. The number of phenols is 1. The molecule has 0 fully saturated rings. The first-order valence-corrected chi connectivity index (χ1v) is 3.65. The zero-order valence-electron chi connectivity index (χ0n) is 6.41. The van der Waals surface area contributed by atoms with Gasteiger partial charge in [0.05, 0.1) is 0 Å². The molecule has 1 aromatic rings. The molecule has 1 rings (SSSR count). The van der Waals surface area contributed by atoms with Crippen molar-refractivity contribution in [3.63, 3.8) is 0 Å². The Morgan fingerprint density at radius 1 is 1.50 bits per heavy atom. The van der Waals surface area contributed by atoms with Gasteiger partial charge in [-0.05, 0) is 29.8 Å². The predicted molar refractivity (Wildman–Crippen MR) is 45.5 cm³/mol. The summed E-state index contributed by atoms with van der Waals surface area (Å²) < 4.78 is 0. The standard InChI is InChI=1S/C7H5ClO2S.Na/c8-7(10)4-1-2-6(11)5(9)3-4;/h1-3,9,11H;/q;+1. The summed E-state index contributed by atoms with van der Waals surface area (Å²) in [6.45, 7) is 0. The number of rotatable bonds is 1. The van der Waals surface area contributed by atoms with Crippen LogP contribution in [-0.2, 0) is 0 Å². The monoisotopic (exact) mass is 211 g/mol. The van der Waals surface area contributed by atoms with E-state index in [4.69, 9.17) is 16.7 Å². The van der Waals surface area contributed by atoms with Crippen LogP contribution >= 0.6 is 24.2 Å². The molecule has 58 valence electrons. The summed E-state index contributed by atoms with van der Waals surface area (Å²) >= 11 is 9.06. The van der Waals surface area contributed by atoms with Crippen LogP contribution in [0.3, 0.4) is 0 Å². The zero-order chi connectivity index (χ0) is 8.43. The smallest absolute Gasteiger partial charge is 0.507 e. The molecule has 1 aromatic carbocycles. The van der Waals surface area contributed by atoms with E-state index >= 15 is 0 Å². The van der Waals surface area contributed by atoms with Crippen LogP contribution in [0.5, 0.6) is 5.75 Å². The van der Waals surface area contributed by atoms with Crippen LogP contribution in [0.2, 0.25) is 0 Å². The van der Waals surface area contributed by atoms with Crippen molar-refractivity contribution >= 4 is 29.5 Å². The van der Waals surface area contributed by atoms with Crippen molar-refractivity contribution < 1.29 is 39.5 Å². The van der Waals surface area contributed by atoms with Gasteiger partial charge in [0, 0.05) is 10.5 Å². The van der Waals surface area contributed by atoms with Gasteiger partial charge in [-0.3, -0.25) is 4.79 Å².